The van der Waals surface area contributed by atoms with Crippen LogP contribution in [0.2, 0.25) is 0 Å². The molecule has 1 heterocycles. The number of anilines is 1. The van der Waals surface area contributed by atoms with Crippen LogP contribution in [-0.2, 0) is 9.59 Å². The molecule has 2 unspecified atom stereocenters. The monoisotopic (exact) mass is 254 g/mol. The van der Waals surface area contributed by atoms with E-state index in [9.17, 15) is 18.4 Å². The van der Waals surface area contributed by atoms with Crippen molar-refractivity contribution in [3.05, 3.63) is 29.8 Å². The minimum absolute atomic E-state index is 0.0874. The molecule has 0 radical (unpaired) electrons. The highest BCUT2D eigenvalue weighted by atomic mass is 19.1. The predicted molar refractivity (Wildman–Crippen MR) is 60.9 cm³/mol. The topological polar surface area (TPSA) is 49.4 Å². The molecule has 0 spiro atoms. The Morgan fingerprint density at radius 1 is 1.22 bits per heavy atom. The summed E-state index contributed by atoms with van der Waals surface area (Å²) in [5, 5.41) is 2.48. The highest BCUT2D eigenvalue weighted by Gasteiger charge is 2.37. The summed E-state index contributed by atoms with van der Waals surface area (Å²) in [5.74, 6) is -2.39. The van der Waals surface area contributed by atoms with Gasteiger partial charge in [0.25, 0.3) is 0 Å². The van der Waals surface area contributed by atoms with Crippen LogP contribution in [0.25, 0.3) is 0 Å². The quantitative estimate of drug-likeness (QED) is 0.818. The van der Waals surface area contributed by atoms with Crippen molar-refractivity contribution in [1.82, 2.24) is 5.32 Å². The lowest BCUT2D eigenvalue weighted by Gasteiger charge is -2.36. The van der Waals surface area contributed by atoms with Crippen molar-refractivity contribution in [2.24, 2.45) is 0 Å². The number of nitrogens with zero attached hydrogens (tertiary/aromatic N) is 1. The molecule has 1 N–H and O–H groups in total. The molecule has 0 saturated carbocycles. The van der Waals surface area contributed by atoms with Crippen molar-refractivity contribution in [2.45, 2.75) is 25.9 Å². The van der Waals surface area contributed by atoms with E-state index in [1.165, 1.54) is 13.8 Å². The maximum atomic E-state index is 13.7. The van der Waals surface area contributed by atoms with Crippen molar-refractivity contribution in [2.75, 3.05) is 4.90 Å². The fourth-order valence-corrected chi connectivity index (χ4v) is 1.92. The predicted octanol–water partition coefficient (Wildman–Crippen LogP) is 1.20. The van der Waals surface area contributed by atoms with Gasteiger partial charge in [0.05, 0.1) is 5.69 Å². The molecule has 1 fully saturated rings. The zero-order chi connectivity index (χ0) is 13.4. The van der Waals surface area contributed by atoms with Crippen LogP contribution in [0.5, 0.6) is 0 Å². The highest BCUT2D eigenvalue weighted by Crippen LogP contribution is 2.25. The normalized spacial score (nSPS) is 24.1. The van der Waals surface area contributed by atoms with Crippen LogP contribution in [0.1, 0.15) is 13.8 Å². The number of nitrogens with one attached hydrogen (secondary N) is 1. The van der Waals surface area contributed by atoms with Crippen LogP contribution in [0.4, 0.5) is 14.5 Å². The first-order valence-electron chi connectivity index (χ1n) is 5.50. The van der Waals surface area contributed by atoms with Crippen molar-refractivity contribution in [1.29, 1.82) is 0 Å². The molecule has 1 saturated heterocycles. The van der Waals surface area contributed by atoms with E-state index in [2.05, 4.69) is 5.32 Å². The van der Waals surface area contributed by atoms with Gasteiger partial charge in [0.2, 0.25) is 11.8 Å². The molecule has 0 bridgehead atoms. The number of rotatable bonds is 1. The summed E-state index contributed by atoms with van der Waals surface area (Å²) < 4.78 is 26.5. The SMILES string of the molecule is CC1NC(=O)C(C)N(c2ccc(F)cc2F)C1=O. The lowest BCUT2D eigenvalue weighted by atomic mass is 10.1. The first-order chi connectivity index (χ1) is 8.41. The molecule has 1 aliphatic heterocycles. The Bertz CT molecular complexity index is 519. The minimum Gasteiger partial charge on any atom is -0.343 e. The van der Waals surface area contributed by atoms with Crippen LogP contribution in [0.3, 0.4) is 0 Å². The third kappa shape index (κ3) is 1.94. The number of hydrogen-bond donors (Lipinski definition) is 1. The molecule has 1 aliphatic rings. The third-order valence-corrected chi connectivity index (χ3v) is 2.90. The van der Waals surface area contributed by atoms with E-state index in [1.54, 1.807) is 0 Å². The first kappa shape index (κ1) is 12.5. The van der Waals surface area contributed by atoms with E-state index in [4.69, 9.17) is 0 Å². The summed E-state index contributed by atoms with van der Waals surface area (Å²) in [6, 6.07) is 1.35. The molecule has 2 rings (SSSR count). The number of carbonyl (C=O) groups is 2. The lowest BCUT2D eigenvalue weighted by Crippen LogP contribution is -2.62. The second kappa shape index (κ2) is 4.36. The van der Waals surface area contributed by atoms with Gasteiger partial charge in [0.15, 0.2) is 0 Å². The summed E-state index contributed by atoms with van der Waals surface area (Å²) >= 11 is 0. The average molecular weight is 254 g/mol. The van der Waals surface area contributed by atoms with E-state index in [-0.39, 0.29) is 11.6 Å². The molecule has 1 aromatic carbocycles. The van der Waals surface area contributed by atoms with Gasteiger partial charge in [-0.15, -0.1) is 0 Å². The molecule has 96 valence electrons. The van der Waals surface area contributed by atoms with Crippen LogP contribution in [-0.4, -0.2) is 23.9 Å². The maximum Gasteiger partial charge on any atom is 0.250 e. The fraction of sp³-hybridized carbons (Fsp3) is 0.333. The second-order valence-electron chi connectivity index (χ2n) is 4.21. The molecule has 1 aromatic rings. The van der Waals surface area contributed by atoms with Gasteiger partial charge in [0, 0.05) is 6.07 Å². The maximum absolute atomic E-state index is 13.7. The largest absolute Gasteiger partial charge is 0.343 e. The summed E-state index contributed by atoms with van der Waals surface area (Å²) in [4.78, 5) is 24.6. The van der Waals surface area contributed by atoms with Crippen molar-refractivity contribution < 1.29 is 18.4 Å². The molecule has 0 aliphatic carbocycles. The van der Waals surface area contributed by atoms with Gasteiger partial charge in [-0.25, -0.2) is 8.78 Å². The summed E-state index contributed by atoms with van der Waals surface area (Å²) in [6.07, 6.45) is 0. The Morgan fingerprint density at radius 3 is 2.50 bits per heavy atom. The first-order valence-corrected chi connectivity index (χ1v) is 5.50. The summed E-state index contributed by atoms with van der Waals surface area (Å²) in [7, 11) is 0. The van der Waals surface area contributed by atoms with E-state index < -0.39 is 29.6 Å². The zero-order valence-electron chi connectivity index (χ0n) is 9.91. The van der Waals surface area contributed by atoms with Crippen molar-refractivity contribution in [3.63, 3.8) is 0 Å². The van der Waals surface area contributed by atoms with E-state index in [1.807, 2.05) is 0 Å². The van der Waals surface area contributed by atoms with E-state index in [0.717, 1.165) is 17.0 Å². The van der Waals surface area contributed by atoms with E-state index in [0.29, 0.717) is 6.07 Å². The van der Waals surface area contributed by atoms with Crippen molar-refractivity contribution >= 4 is 17.5 Å². The Labute approximate surface area is 103 Å². The Morgan fingerprint density at radius 2 is 1.89 bits per heavy atom. The smallest absolute Gasteiger partial charge is 0.250 e. The van der Waals surface area contributed by atoms with E-state index >= 15 is 0 Å². The number of benzene rings is 1. The Balaban J connectivity index is 2.46. The minimum atomic E-state index is -0.864. The third-order valence-electron chi connectivity index (χ3n) is 2.90. The molecular weight excluding hydrogens is 242 g/mol. The van der Waals surface area contributed by atoms with Gasteiger partial charge >= 0.3 is 0 Å². The summed E-state index contributed by atoms with van der Waals surface area (Å²) in [6.45, 7) is 3.00. The highest BCUT2D eigenvalue weighted by molar-refractivity contribution is 6.08. The number of piperazine rings is 1. The zero-order valence-corrected chi connectivity index (χ0v) is 9.91. The number of hydrogen-bond acceptors (Lipinski definition) is 2. The van der Waals surface area contributed by atoms with Gasteiger partial charge in [-0.05, 0) is 26.0 Å². The average Bonchev–Trinajstić information content (AvgIpc) is 2.29. The lowest BCUT2D eigenvalue weighted by molar-refractivity contribution is -0.133. The molecule has 2 atom stereocenters. The number of halogens is 2. The second-order valence-corrected chi connectivity index (χ2v) is 4.21. The molecule has 6 heteroatoms. The van der Waals surface area contributed by atoms with Gasteiger partial charge < -0.3 is 5.32 Å². The molecule has 4 nitrogen and oxygen atoms in total. The van der Waals surface area contributed by atoms with Gasteiger partial charge in [-0.1, -0.05) is 0 Å². The number of amides is 2. The standard InChI is InChI=1S/C12H12F2N2O2/c1-6-12(18)16(7(2)11(17)15-6)10-4-3-8(13)5-9(10)14/h3-7H,1-2H3,(H,15,17). The summed E-state index contributed by atoms with van der Waals surface area (Å²) in [5.41, 5.74) is -0.0874. The van der Waals surface area contributed by atoms with Crippen LogP contribution >= 0.6 is 0 Å². The van der Waals surface area contributed by atoms with Gasteiger partial charge in [-0.3, -0.25) is 14.5 Å². The Kier molecular flexibility index (Phi) is 3.02. The number of carbonyl (C=O) groups excluding carboxylic acids is 2. The fourth-order valence-electron chi connectivity index (χ4n) is 1.92. The molecule has 18 heavy (non-hydrogen) atoms. The molecule has 2 amide bonds. The van der Waals surface area contributed by atoms with Crippen LogP contribution in [0.15, 0.2) is 18.2 Å². The van der Waals surface area contributed by atoms with Crippen LogP contribution in [0, 0.1) is 11.6 Å². The Hall–Kier alpha value is -1.98. The van der Waals surface area contributed by atoms with Gasteiger partial charge in [-0.2, -0.15) is 0 Å². The van der Waals surface area contributed by atoms with Gasteiger partial charge in [0.1, 0.15) is 23.7 Å². The van der Waals surface area contributed by atoms with Crippen molar-refractivity contribution in [3.8, 4) is 0 Å². The molecule has 0 aromatic heterocycles. The van der Waals surface area contributed by atoms with Crippen LogP contribution < -0.4 is 10.2 Å². The molecular formula is C12H12F2N2O2.